The molecule has 0 radical (unpaired) electrons. The van der Waals surface area contributed by atoms with Gasteiger partial charge in [0.1, 0.15) is 0 Å². The average molecular weight is 281 g/mol. The number of piperidine rings is 1. The Balaban J connectivity index is 1.65. The number of nitrogens with zero attached hydrogens (tertiary/aromatic N) is 2. The molecule has 0 aromatic rings. The Hall–Kier alpha value is -0.610. The predicted octanol–water partition coefficient (Wildman–Crippen LogP) is 1.85. The van der Waals surface area contributed by atoms with Crippen molar-refractivity contribution in [3.63, 3.8) is 0 Å². The third-order valence-corrected chi connectivity index (χ3v) is 4.62. The summed E-state index contributed by atoms with van der Waals surface area (Å²) in [6.07, 6.45) is 7.00. The lowest BCUT2D eigenvalue weighted by Gasteiger charge is -2.33. The van der Waals surface area contributed by atoms with Crippen LogP contribution in [0.3, 0.4) is 0 Å². The molecule has 1 aliphatic heterocycles. The molecule has 1 heterocycles. The molecule has 0 aromatic carbocycles. The van der Waals surface area contributed by atoms with Gasteiger partial charge in [0.2, 0.25) is 5.91 Å². The van der Waals surface area contributed by atoms with E-state index in [1.165, 1.54) is 19.3 Å². The highest BCUT2D eigenvalue weighted by Crippen LogP contribution is 2.22. The van der Waals surface area contributed by atoms with Crippen molar-refractivity contribution in [1.29, 1.82) is 0 Å². The summed E-state index contributed by atoms with van der Waals surface area (Å²) in [5.41, 5.74) is 0. The van der Waals surface area contributed by atoms with Gasteiger partial charge in [0.05, 0.1) is 6.04 Å². The first-order chi connectivity index (χ1) is 9.58. The smallest absolute Gasteiger partial charge is 0.239 e. The van der Waals surface area contributed by atoms with Crippen molar-refractivity contribution in [1.82, 2.24) is 15.1 Å². The van der Waals surface area contributed by atoms with E-state index in [0.29, 0.717) is 18.0 Å². The molecule has 116 valence electrons. The fourth-order valence-electron chi connectivity index (χ4n) is 2.77. The van der Waals surface area contributed by atoms with E-state index in [-0.39, 0.29) is 6.04 Å². The van der Waals surface area contributed by atoms with Gasteiger partial charge in [0, 0.05) is 25.2 Å². The normalized spacial score (nSPS) is 23.9. The van der Waals surface area contributed by atoms with Gasteiger partial charge in [-0.3, -0.25) is 4.79 Å². The van der Waals surface area contributed by atoms with Crippen molar-refractivity contribution >= 4 is 5.91 Å². The number of rotatable bonds is 8. The summed E-state index contributed by atoms with van der Waals surface area (Å²) < 4.78 is 0. The maximum absolute atomic E-state index is 12.4. The molecule has 1 atom stereocenters. The predicted molar refractivity (Wildman–Crippen MR) is 82.8 cm³/mol. The molecule has 2 rings (SSSR count). The monoisotopic (exact) mass is 281 g/mol. The number of amides is 1. The molecule has 1 saturated carbocycles. The Labute approximate surface area is 123 Å². The second-order valence-corrected chi connectivity index (χ2v) is 6.74. The van der Waals surface area contributed by atoms with Crippen LogP contribution >= 0.6 is 0 Å². The van der Waals surface area contributed by atoms with Gasteiger partial charge in [-0.2, -0.15) is 0 Å². The first kappa shape index (κ1) is 15.8. The molecular weight excluding hydrogens is 250 g/mol. The molecule has 20 heavy (non-hydrogen) atoms. The molecule has 1 unspecified atom stereocenters. The van der Waals surface area contributed by atoms with E-state index in [2.05, 4.69) is 36.0 Å². The Morgan fingerprint density at radius 1 is 1.30 bits per heavy atom. The number of carbonyl (C=O) groups excluding carboxylic acids is 1. The van der Waals surface area contributed by atoms with Crippen LogP contribution in [0.25, 0.3) is 0 Å². The Kier molecular flexibility index (Phi) is 5.85. The van der Waals surface area contributed by atoms with Gasteiger partial charge in [-0.25, -0.2) is 0 Å². The van der Waals surface area contributed by atoms with E-state index in [1.54, 1.807) is 0 Å². The maximum atomic E-state index is 12.4. The Bertz CT molecular complexity index is 315. The van der Waals surface area contributed by atoms with Crippen LogP contribution < -0.4 is 5.32 Å². The van der Waals surface area contributed by atoms with Crippen LogP contribution in [0.15, 0.2) is 0 Å². The lowest BCUT2D eigenvalue weighted by atomic mass is 10.0. The zero-order valence-electron chi connectivity index (χ0n) is 13.4. The van der Waals surface area contributed by atoms with Gasteiger partial charge >= 0.3 is 0 Å². The van der Waals surface area contributed by atoms with E-state index in [0.717, 1.165) is 38.9 Å². The van der Waals surface area contributed by atoms with Gasteiger partial charge in [0.25, 0.3) is 0 Å². The fourth-order valence-corrected chi connectivity index (χ4v) is 2.77. The molecule has 4 heteroatoms. The summed E-state index contributed by atoms with van der Waals surface area (Å²) in [5.74, 6) is 0.348. The van der Waals surface area contributed by atoms with E-state index in [1.807, 2.05) is 0 Å². The minimum absolute atomic E-state index is 0.106. The van der Waals surface area contributed by atoms with Crippen LogP contribution in [0, 0.1) is 0 Å². The van der Waals surface area contributed by atoms with Crippen molar-refractivity contribution in [2.24, 2.45) is 0 Å². The molecule has 0 aromatic heterocycles. The highest BCUT2D eigenvalue weighted by Gasteiger charge is 2.32. The summed E-state index contributed by atoms with van der Waals surface area (Å²) in [6.45, 7) is 7.48. The first-order valence-electron chi connectivity index (χ1n) is 8.33. The summed E-state index contributed by atoms with van der Waals surface area (Å²) in [5, 5.41) is 3.50. The molecule has 1 amide bonds. The zero-order valence-corrected chi connectivity index (χ0v) is 13.4. The van der Waals surface area contributed by atoms with Gasteiger partial charge in [-0.15, -0.1) is 0 Å². The van der Waals surface area contributed by atoms with Gasteiger partial charge in [0.15, 0.2) is 0 Å². The Morgan fingerprint density at radius 3 is 2.70 bits per heavy atom. The second-order valence-electron chi connectivity index (χ2n) is 6.74. The maximum Gasteiger partial charge on any atom is 0.239 e. The second kappa shape index (κ2) is 7.41. The summed E-state index contributed by atoms with van der Waals surface area (Å²) in [4.78, 5) is 16.8. The van der Waals surface area contributed by atoms with Crippen molar-refractivity contribution in [2.75, 3.05) is 26.7 Å². The molecule has 4 nitrogen and oxygen atoms in total. The third kappa shape index (κ3) is 4.74. The summed E-state index contributed by atoms with van der Waals surface area (Å²) in [7, 11) is 2.17. The average Bonchev–Trinajstić information content (AvgIpc) is 3.22. The molecule has 0 bridgehead atoms. The number of unbranched alkanes of at least 4 members (excludes halogenated alkanes) is 1. The van der Waals surface area contributed by atoms with Crippen LogP contribution in [-0.2, 0) is 4.79 Å². The lowest BCUT2D eigenvalue weighted by molar-refractivity contribution is -0.136. The van der Waals surface area contributed by atoms with Gasteiger partial charge in [-0.1, -0.05) is 0 Å². The quantitative estimate of drug-likeness (QED) is 0.690. The number of hydrogen-bond acceptors (Lipinski definition) is 3. The molecule has 0 spiro atoms. The number of hydrogen-bond donors (Lipinski definition) is 1. The summed E-state index contributed by atoms with van der Waals surface area (Å²) >= 11 is 0. The number of carbonyl (C=O) groups is 1. The van der Waals surface area contributed by atoms with Crippen LogP contribution in [0.5, 0.6) is 0 Å². The highest BCUT2D eigenvalue weighted by atomic mass is 16.2. The van der Waals surface area contributed by atoms with E-state index >= 15 is 0 Å². The standard InChI is InChI=1S/C16H31N3O/c1-13(2)18(3)10-4-5-11-19-12-6-7-15(16(19)20)17-14-8-9-14/h13-15,17H,4-12H2,1-3H3. The topological polar surface area (TPSA) is 35.6 Å². The van der Waals surface area contributed by atoms with E-state index < -0.39 is 0 Å². The van der Waals surface area contributed by atoms with Crippen molar-refractivity contribution in [3.8, 4) is 0 Å². The SMILES string of the molecule is CC(C)N(C)CCCCN1CCCC(NC2CC2)C1=O. The number of likely N-dealkylation sites (tertiary alicyclic amines) is 1. The minimum Gasteiger partial charge on any atom is -0.341 e. The van der Waals surface area contributed by atoms with Crippen LogP contribution in [-0.4, -0.2) is 60.5 Å². The van der Waals surface area contributed by atoms with Gasteiger partial charge < -0.3 is 15.1 Å². The fraction of sp³-hybridized carbons (Fsp3) is 0.938. The largest absolute Gasteiger partial charge is 0.341 e. The Morgan fingerprint density at radius 2 is 2.05 bits per heavy atom. The third-order valence-electron chi connectivity index (χ3n) is 4.62. The van der Waals surface area contributed by atoms with Crippen LogP contribution in [0.2, 0.25) is 0 Å². The minimum atomic E-state index is 0.106. The van der Waals surface area contributed by atoms with Crippen LogP contribution in [0.4, 0.5) is 0 Å². The molecular formula is C16H31N3O. The van der Waals surface area contributed by atoms with Crippen molar-refractivity contribution in [2.45, 2.75) is 70.5 Å². The zero-order chi connectivity index (χ0) is 14.5. The van der Waals surface area contributed by atoms with E-state index in [4.69, 9.17) is 0 Å². The molecule has 2 fully saturated rings. The lowest BCUT2D eigenvalue weighted by Crippen LogP contribution is -2.51. The van der Waals surface area contributed by atoms with Crippen LogP contribution in [0.1, 0.15) is 52.4 Å². The van der Waals surface area contributed by atoms with Crippen molar-refractivity contribution < 1.29 is 4.79 Å². The van der Waals surface area contributed by atoms with Crippen molar-refractivity contribution in [3.05, 3.63) is 0 Å². The van der Waals surface area contributed by atoms with E-state index in [9.17, 15) is 4.79 Å². The molecule has 1 saturated heterocycles. The molecule has 1 aliphatic carbocycles. The number of nitrogens with one attached hydrogen (secondary N) is 1. The van der Waals surface area contributed by atoms with Gasteiger partial charge in [-0.05, 0) is 66.0 Å². The molecule has 2 aliphatic rings. The highest BCUT2D eigenvalue weighted by molar-refractivity contribution is 5.82. The molecule has 1 N–H and O–H groups in total. The first-order valence-corrected chi connectivity index (χ1v) is 8.33. The summed E-state index contributed by atoms with van der Waals surface area (Å²) in [6, 6.07) is 1.34.